The lowest BCUT2D eigenvalue weighted by Crippen LogP contribution is -2.37. The summed E-state index contributed by atoms with van der Waals surface area (Å²) in [6.45, 7) is 8.45. The zero-order valence-electron chi connectivity index (χ0n) is 16.7. The number of sulfonamides is 1. The lowest BCUT2D eigenvalue weighted by molar-refractivity contribution is -0.127. The Morgan fingerprint density at radius 1 is 1.11 bits per heavy atom. The number of nitrogens with two attached hydrogens (primary N) is 1. The Labute approximate surface area is 167 Å². The molecule has 28 heavy (non-hydrogen) atoms. The van der Waals surface area contributed by atoms with E-state index in [-0.39, 0.29) is 10.8 Å². The molecule has 2 rings (SSSR count). The van der Waals surface area contributed by atoms with Crippen molar-refractivity contribution in [2.75, 3.05) is 6.54 Å². The SMILES string of the molecule is Cc1cc(OC(C)C(=O)NCCc2ccc(S(N)(=O)=O)cc2)ccc1C(C)C. The van der Waals surface area contributed by atoms with Gasteiger partial charge < -0.3 is 10.1 Å². The molecule has 1 unspecified atom stereocenters. The molecule has 1 amide bonds. The van der Waals surface area contributed by atoms with Crippen molar-refractivity contribution in [3.05, 3.63) is 59.2 Å². The van der Waals surface area contributed by atoms with Crippen LogP contribution in [0.5, 0.6) is 5.75 Å². The van der Waals surface area contributed by atoms with Gasteiger partial charge in [0.25, 0.3) is 5.91 Å². The average Bonchev–Trinajstić information content (AvgIpc) is 2.61. The van der Waals surface area contributed by atoms with Crippen LogP contribution in [0.1, 0.15) is 43.4 Å². The zero-order chi connectivity index (χ0) is 20.9. The highest BCUT2D eigenvalue weighted by atomic mass is 32.2. The number of primary sulfonamides is 1. The minimum absolute atomic E-state index is 0.0705. The van der Waals surface area contributed by atoms with E-state index in [2.05, 4.69) is 19.2 Å². The number of amides is 1. The first-order valence-corrected chi connectivity index (χ1v) is 10.8. The van der Waals surface area contributed by atoms with E-state index in [9.17, 15) is 13.2 Å². The van der Waals surface area contributed by atoms with Crippen molar-refractivity contribution < 1.29 is 17.9 Å². The van der Waals surface area contributed by atoms with E-state index in [1.165, 1.54) is 17.7 Å². The Hall–Kier alpha value is -2.38. The van der Waals surface area contributed by atoms with Crippen LogP contribution >= 0.6 is 0 Å². The Bertz CT molecular complexity index is 922. The van der Waals surface area contributed by atoms with Crippen LogP contribution in [0.15, 0.2) is 47.4 Å². The highest BCUT2D eigenvalue weighted by molar-refractivity contribution is 7.89. The molecule has 7 heteroatoms. The summed E-state index contributed by atoms with van der Waals surface area (Å²) in [5.74, 6) is 0.906. The number of rotatable bonds is 8. The van der Waals surface area contributed by atoms with E-state index in [4.69, 9.17) is 9.88 Å². The van der Waals surface area contributed by atoms with Crippen molar-refractivity contribution in [2.24, 2.45) is 5.14 Å². The standard InChI is InChI=1S/C21H28N2O4S/c1-14(2)20-10-7-18(13-15(20)3)27-16(4)21(24)23-12-11-17-5-8-19(9-6-17)28(22,25)26/h5-10,13-14,16H,11-12H2,1-4H3,(H,23,24)(H2,22,25,26). The van der Waals surface area contributed by atoms with Crippen LogP contribution in [0.2, 0.25) is 0 Å². The van der Waals surface area contributed by atoms with Gasteiger partial charge in [0.2, 0.25) is 10.0 Å². The summed E-state index contributed by atoms with van der Waals surface area (Å²) in [6, 6.07) is 12.2. The Morgan fingerprint density at radius 2 is 1.75 bits per heavy atom. The van der Waals surface area contributed by atoms with Crippen LogP contribution in [-0.4, -0.2) is 27.0 Å². The van der Waals surface area contributed by atoms with Gasteiger partial charge in [-0.15, -0.1) is 0 Å². The average molecular weight is 405 g/mol. The molecule has 0 aromatic heterocycles. The van der Waals surface area contributed by atoms with Gasteiger partial charge in [-0.1, -0.05) is 32.0 Å². The zero-order valence-corrected chi connectivity index (χ0v) is 17.5. The summed E-state index contributed by atoms with van der Waals surface area (Å²) in [7, 11) is -3.69. The second kappa shape index (κ2) is 9.21. The number of ether oxygens (including phenoxy) is 1. The van der Waals surface area contributed by atoms with Gasteiger partial charge in [0.15, 0.2) is 6.10 Å². The maximum absolute atomic E-state index is 12.3. The van der Waals surface area contributed by atoms with Crippen molar-refractivity contribution in [1.82, 2.24) is 5.32 Å². The monoisotopic (exact) mass is 404 g/mol. The van der Waals surface area contributed by atoms with Crippen molar-refractivity contribution in [3.63, 3.8) is 0 Å². The van der Waals surface area contributed by atoms with Gasteiger partial charge in [-0.25, -0.2) is 13.6 Å². The molecular formula is C21H28N2O4S. The van der Waals surface area contributed by atoms with Gasteiger partial charge in [-0.05, 0) is 67.1 Å². The van der Waals surface area contributed by atoms with E-state index in [0.29, 0.717) is 24.6 Å². The quantitative estimate of drug-likeness (QED) is 0.707. The summed E-state index contributed by atoms with van der Waals surface area (Å²) in [5, 5.41) is 7.91. The molecule has 0 spiro atoms. The van der Waals surface area contributed by atoms with E-state index in [0.717, 1.165) is 11.1 Å². The van der Waals surface area contributed by atoms with Gasteiger partial charge in [-0.3, -0.25) is 4.79 Å². The molecule has 6 nitrogen and oxygen atoms in total. The molecule has 0 bridgehead atoms. The number of benzene rings is 2. The van der Waals surface area contributed by atoms with Crippen LogP contribution in [0, 0.1) is 6.92 Å². The van der Waals surface area contributed by atoms with Gasteiger partial charge in [0.05, 0.1) is 4.90 Å². The predicted molar refractivity (Wildman–Crippen MR) is 110 cm³/mol. The van der Waals surface area contributed by atoms with Crippen molar-refractivity contribution >= 4 is 15.9 Å². The highest BCUT2D eigenvalue weighted by Gasteiger charge is 2.15. The topological polar surface area (TPSA) is 98.5 Å². The lowest BCUT2D eigenvalue weighted by Gasteiger charge is -2.17. The van der Waals surface area contributed by atoms with Crippen LogP contribution < -0.4 is 15.2 Å². The third kappa shape index (κ3) is 6.07. The van der Waals surface area contributed by atoms with Crippen molar-refractivity contribution in [1.29, 1.82) is 0 Å². The highest BCUT2D eigenvalue weighted by Crippen LogP contribution is 2.24. The number of aryl methyl sites for hydroxylation is 1. The second-order valence-corrected chi connectivity index (χ2v) is 8.72. The second-order valence-electron chi connectivity index (χ2n) is 7.16. The maximum atomic E-state index is 12.3. The molecule has 0 aliphatic rings. The Kier molecular flexibility index (Phi) is 7.21. The van der Waals surface area contributed by atoms with Gasteiger partial charge in [-0.2, -0.15) is 0 Å². The molecule has 0 fully saturated rings. The molecule has 0 radical (unpaired) electrons. The molecule has 3 N–H and O–H groups in total. The molecule has 152 valence electrons. The van der Waals surface area contributed by atoms with E-state index in [1.54, 1.807) is 19.1 Å². The molecule has 0 aliphatic heterocycles. The fourth-order valence-electron chi connectivity index (χ4n) is 2.95. The molecule has 2 aromatic rings. The first-order chi connectivity index (χ1) is 13.1. The lowest BCUT2D eigenvalue weighted by atomic mass is 9.98. The largest absolute Gasteiger partial charge is 0.481 e. The number of hydrogen-bond acceptors (Lipinski definition) is 4. The molecule has 1 atom stereocenters. The third-order valence-electron chi connectivity index (χ3n) is 4.51. The maximum Gasteiger partial charge on any atom is 0.260 e. The summed E-state index contributed by atoms with van der Waals surface area (Å²) in [6.07, 6.45) is -0.0417. The van der Waals surface area contributed by atoms with Crippen molar-refractivity contribution in [3.8, 4) is 5.75 Å². The number of hydrogen-bond donors (Lipinski definition) is 2. The Balaban J connectivity index is 1.85. The minimum Gasteiger partial charge on any atom is -0.481 e. The fourth-order valence-corrected chi connectivity index (χ4v) is 3.46. The van der Waals surface area contributed by atoms with Gasteiger partial charge in [0, 0.05) is 6.54 Å². The number of carbonyl (C=O) groups is 1. The molecule has 0 saturated heterocycles. The van der Waals surface area contributed by atoms with Gasteiger partial charge >= 0.3 is 0 Å². The van der Waals surface area contributed by atoms with E-state index < -0.39 is 16.1 Å². The summed E-state index contributed by atoms with van der Waals surface area (Å²) < 4.78 is 28.3. The van der Waals surface area contributed by atoms with Crippen LogP contribution in [-0.2, 0) is 21.2 Å². The van der Waals surface area contributed by atoms with Crippen molar-refractivity contribution in [2.45, 2.75) is 51.0 Å². The van der Waals surface area contributed by atoms with Crippen LogP contribution in [0.25, 0.3) is 0 Å². The summed E-state index contributed by atoms with van der Waals surface area (Å²) >= 11 is 0. The fraction of sp³-hybridized carbons (Fsp3) is 0.381. The first kappa shape index (κ1) is 21.9. The molecule has 2 aromatic carbocycles. The van der Waals surface area contributed by atoms with Crippen LogP contribution in [0.3, 0.4) is 0 Å². The third-order valence-corrected chi connectivity index (χ3v) is 5.44. The van der Waals surface area contributed by atoms with Crippen LogP contribution in [0.4, 0.5) is 0 Å². The normalized spacial score (nSPS) is 12.6. The van der Waals surface area contributed by atoms with E-state index in [1.807, 2.05) is 25.1 Å². The van der Waals surface area contributed by atoms with E-state index >= 15 is 0 Å². The first-order valence-electron chi connectivity index (χ1n) is 9.24. The number of carbonyl (C=O) groups excluding carboxylic acids is 1. The minimum atomic E-state index is -3.69. The number of nitrogens with one attached hydrogen (secondary N) is 1. The molecular weight excluding hydrogens is 376 g/mol. The molecule has 0 heterocycles. The Morgan fingerprint density at radius 3 is 2.29 bits per heavy atom. The summed E-state index contributed by atoms with van der Waals surface area (Å²) in [5.41, 5.74) is 3.31. The smallest absolute Gasteiger partial charge is 0.260 e. The molecule has 0 saturated carbocycles. The molecule has 0 aliphatic carbocycles. The van der Waals surface area contributed by atoms with Gasteiger partial charge in [0.1, 0.15) is 5.75 Å². The summed E-state index contributed by atoms with van der Waals surface area (Å²) in [4.78, 5) is 12.3. The predicted octanol–water partition coefficient (Wildman–Crippen LogP) is 2.89.